The number of aliphatic carboxylic acids is 1. The predicted octanol–water partition coefficient (Wildman–Crippen LogP) is 3.36. The van der Waals surface area contributed by atoms with Gasteiger partial charge in [-0.25, -0.2) is 0 Å². The highest BCUT2D eigenvalue weighted by Crippen LogP contribution is 2.31. The maximum absolute atomic E-state index is 13.7. The number of carboxylic acids is 1. The first-order valence-corrected chi connectivity index (χ1v) is 12.9. The quantitative estimate of drug-likeness (QED) is 0.355. The summed E-state index contributed by atoms with van der Waals surface area (Å²) in [5, 5.41) is 13.0. The van der Waals surface area contributed by atoms with Crippen LogP contribution in [0.1, 0.15) is 55.7 Å². The minimum Gasteiger partial charge on any atom is -0.481 e. The van der Waals surface area contributed by atoms with Crippen molar-refractivity contribution in [2.75, 3.05) is 13.1 Å². The van der Waals surface area contributed by atoms with E-state index >= 15 is 0 Å². The smallest absolute Gasteiger partial charge is 0.303 e. The molecule has 1 aliphatic rings. The minimum absolute atomic E-state index is 0.0983. The molecule has 0 unspecified atom stereocenters. The molecule has 5 N–H and O–H groups in total. The summed E-state index contributed by atoms with van der Waals surface area (Å²) in [6.45, 7) is 4.40. The van der Waals surface area contributed by atoms with E-state index < -0.39 is 17.6 Å². The summed E-state index contributed by atoms with van der Waals surface area (Å²) >= 11 is 0. The predicted molar refractivity (Wildman–Crippen MR) is 143 cm³/mol. The van der Waals surface area contributed by atoms with Crippen molar-refractivity contribution in [1.29, 1.82) is 0 Å². The molecule has 8 nitrogen and oxygen atoms in total. The Morgan fingerprint density at radius 3 is 2.46 bits per heavy atom. The molecule has 37 heavy (non-hydrogen) atoms. The Morgan fingerprint density at radius 2 is 1.76 bits per heavy atom. The molecule has 1 aromatic heterocycles. The van der Waals surface area contributed by atoms with Gasteiger partial charge in [-0.3, -0.25) is 14.4 Å². The van der Waals surface area contributed by atoms with Crippen molar-refractivity contribution in [3.8, 4) is 0 Å². The van der Waals surface area contributed by atoms with Crippen LogP contribution in [0.3, 0.4) is 0 Å². The van der Waals surface area contributed by atoms with Gasteiger partial charge >= 0.3 is 5.97 Å². The van der Waals surface area contributed by atoms with Crippen molar-refractivity contribution in [2.24, 2.45) is 5.73 Å². The van der Waals surface area contributed by atoms with Crippen LogP contribution in [0.2, 0.25) is 0 Å². The molecule has 8 heteroatoms. The van der Waals surface area contributed by atoms with Crippen molar-refractivity contribution < 1.29 is 19.5 Å². The molecule has 2 aromatic carbocycles. The number of likely N-dealkylation sites (tertiary alicyclic amines) is 1. The molecule has 0 bridgehead atoms. The highest BCUT2D eigenvalue weighted by Gasteiger charge is 2.33. The van der Waals surface area contributed by atoms with E-state index in [1.165, 1.54) is 5.56 Å². The zero-order valence-electron chi connectivity index (χ0n) is 21.5. The second-order valence-electron chi connectivity index (χ2n) is 10.5. The number of nitrogens with one attached hydrogen (secondary N) is 2. The van der Waals surface area contributed by atoms with Crippen molar-refractivity contribution in [2.45, 2.75) is 63.5 Å². The highest BCUT2D eigenvalue weighted by atomic mass is 16.4. The number of carboxylic acid groups (broad SMARTS) is 1. The lowest BCUT2D eigenvalue weighted by molar-refractivity contribution is -0.138. The number of nitrogens with zero attached hydrogens (tertiary/aromatic N) is 1. The number of H-pyrrole nitrogens is 1. The van der Waals surface area contributed by atoms with E-state index in [1.54, 1.807) is 13.8 Å². The van der Waals surface area contributed by atoms with Crippen molar-refractivity contribution in [1.82, 2.24) is 15.2 Å². The second kappa shape index (κ2) is 11.2. The molecule has 1 fully saturated rings. The number of fused-ring (bicyclic) bond motifs is 1. The average molecular weight is 505 g/mol. The molecular formula is C29H36N4O4. The summed E-state index contributed by atoms with van der Waals surface area (Å²) in [6.07, 6.45) is 4.42. The van der Waals surface area contributed by atoms with Crippen LogP contribution in [0.25, 0.3) is 10.9 Å². The Labute approximate surface area is 217 Å². The van der Waals surface area contributed by atoms with Crippen LogP contribution in [0.15, 0.2) is 54.7 Å². The van der Waals surface area contributed by atoms with Crippen LogP contribution in [-0.2, 0) is 27.2 Å². The zero-order valence-corrected chi connectivity index (χ0v) is 21.5. The van der Waals surface area contributed by atoms with Crippen molar-refractivity contribution in [3.05, 3.63) is 71.4 Å². The maximum Gasteiger partial charge on any atom is 0.303 e. The molecule has 2 heterocycles. The second-order valence-corrected chi connectivity index (χ2v) is 10.5. The number of amides is 2. The summed E-state index contributed by atoms with van der Waals surface area (Å²) in [6, 6.07) is 15.2. The normalized spacial score (nSPS) is 15.5. The Bertz CT molecular complexity index is 1270. The van der Waals surface area contributed by atoms with E-state index in [1.807, 2.05) is 53.6 Å². The lowest BCUT2D eigenvalue weighted by Crippen LogP contribution is -2.57. The van der Waals surface area contributed by atoms with Crippen LogP contribution in [-0.4, -0.2) is 57.4 Å². The highest BCUT2D eigenvalue weighted by molar-refractivity contribution is 5.92. The Kier molecular flexibility index (Phi) is 7.97. The number of carbonyl (C=O) groups is 3. The monoisotopic (exact) mass is 504 g/mol. The third kappa shape index (κ3) is 6.38. The van der Waals surface area contributed by atoms with Crippen molar-refractivity contribution in [3.63, 3.8) is 0 Å². The van der Waals surface area contributed by atoms with Gasteiger partial charge in [0.1, 0.15) is 6.04 Å². The molecule has 0 radical (unpaired) electrons. The van der Waals surface area contributed by atoms with E-state index in [9.17, 15) is 14.4 Å². The molecule has 1 saturated heterocycles. The molecule has 1 aliphatic heterocycles. The first-order valence-electron chi connectivity index (χ1n) is 12.9. The molecule has 0 saturated carbocycles. The van der Waals surface area contributed by atoms with Gasteiger partial charge in [0, 0.05) is 43.0 Å². The van der Waals surface area contributed by atoms with Gasteiger partial charge in [0.15, 0.2) is 0 Å². The molecule has 196 valence electrons. The number of rotatable bonds is 9. The molecule has 2 amide bonds. The van der Waals surface area contributed by atoms with Crippen LogP contribution in [0.5, 0.6) is 0 Å². The van der Waals surface area contributed by atoms with E-state index in [0.29, 0.717) is 25.9 Å². The van der Waals surface area contributed by atoms with Gasteiger partial charge < -0.3 is 26.0 Å². The third-order valence-corrected chi connectivity index (χ3v) is 7.20. The topological polar surface area (TPSA) is 129 Å². The number of para-hydroxylation sites is 1. The Hall–Kier alpha value is -3.65. The number of hydrogen-bond donors (Lipinski definition) is 4. The van der Waals surface area contributed by atoms with E-state index in [0.717, 1.165) is 34.9 Å². The van der Waals surface area contributed by atoms with E-state index in [-0.39, 0.29) is 24.2 Å². The van der Waals surface area contributed by atoms with Gasteiger partial charge in [-0.2, -0.15) is 0 Å². The number of nitrogens with two attached hydrogens (primary N) is 1. The van der Waals surface area contributed by atoms with Gasteiger partial charge in [-0.05, 0) is 61.8 Å². The molecule has 0 aliphatic carbocycles. The number of aromatic amines is 1. The maximum atomic E-state index is 13.7. The fourth-order valence-electron chi connectivity index (χ4n) is 5.10. The molecule has 1 atom stereocenters. The first-order chi connectivity index (χ1) is 17.6. The van der Waals surface area contributed by atoms with Gasteiger partial charge in [0.05, 0.1) is 5.54 Å². The largest absolute Gasteiger partial charge is 0.481 e. The van der Waals surface area contributed by atoms with E-state index in [2.05, 4.69) is 16.4 Å². The summed E-state index contributed by atoms with van der Waals surface area (Å²) in [5.41, 5.74) is 9.10. The molecule has 4 rings (SSSR count). The molecular weight excluding hydrogens is 468 g/mol. The van der Waals surface area contributed by atoms with Gasteiger partial charge in [-0.15, -0.1) is 0 Å². The summed E-state index contributed by atoms with van der Waals surface area (Å²) in [7, 11) is 0. The van der Waals surface area contributed by atoms with Crippen LogP contribution >= 0.6 is 0 Å². The van der Waals surface area contributed by atoms with Gasteiger partial charge in [-0.1, -0.05) is 42.5 Å². The number of aryl methyl sites for hydroxylation is 1. The Balaban J connectivity index is 1.48. The number of aromatic nitrogens is 1. The Morgan fingerprint density at radius 1 is 1.08 bits per heavy atom. The number of carbonyl (C=O) groups excluding carboxylic acids is 2. The third-order valence-electron chi connectivity index (χ3n) is 7.20. The average Bonchev–Trinajstić information content (AvgIpc) is 3.29. The van der Waals surface area contributed by atoms with Gasteiger partial charge in [0.25, 0.3) is 0 Å². The van der Waals surface area contributed by atoms with Crippen LogP contribution in [0.4, 0.5) is 0 Å². The lowest BCUT2D eigenvalue weighted by atomic mass is 9.85. The fourth-order valence-corrected chi connectivity index (χ4v) is 5.10. The first kappa shape index (κ1) is 26.4. The lowest BCUT2D eigenvalue weighted by Gasteiger charge is -2.35. The van der Waals surface area contributed by atoms with Crippen LogP contribution < -0.4 is 11.1 Å². The summed E-state index contributed by atoms with van der Waals surface area (Å²) < 4.78 is 0. The summed E-state index contributed by atoms with van der Waals surface area (Å²) in [5.74, 6) is -1.02. The summed E-state index contributed by atoms with van der Waals surface area (Å²) in [4.78, 5) is 42.6. The zero-order chi connectivity index (χ0) is 26.6. The number of hydrogen-bond acceptors (Lipinski definition) is 4. The van der Waals surface area contributed by atoms with Crippen molar-refractivity contribution >= 4 is 28.7 Å². The fraction of sp³-hybridized carbons (Fsp3) is 0.414. The van der Waals surface area contributed by atoms with Gasteiger partial charge in [0.2, 0.25) is 11.8 Å². The SMILES string of the molecule is CC(C)(N)C(=O)N[C@H](Cc1c[nH]c2ccccc12)C(=O)N1CCC(c2ccccc2CCC(=O)O)CC1. The van der Waals surface area contributed by atoms with E-state index in [4.69, 9.17) is 10.8 Å². The standard InChI is InChI=1S/C29H36N4O4/c1-29(2,30)28(37)32-25(17-21-18-31-24-10-6-5-9-23(21)24)27(36)33-15-13-20(14-16-33)22-8-4-3-7-19(22)11-12-26(34)35/h3-10,18,20,25,31H,11-17,30H2,1-2H3,(H,32,37)(H,34,35)/t25-/m1/s1. The number of piperidine rings is 1. The minimum atomic E-state index is -1.11. The number of benzene rings is 2. The van der Waals surface area contributed by atoms with Crippen LogP contribution in [0, 0.1) is 0 Å². The molecule has 3 aromatic rings. The molecule has 0 spiro atoms.